The lowest BCUT2D eigenvalue weighted by atomic mass is 10.1. The van der Waals surface area contributed by atoms with E-state index in [0.717, 1.165) is 27.9 Å². The molecule has 3 heterocycles. The fraction of sp³-hybridized carbons (Fsp3) is 0.0556. The minimum Gasteiger partial charge on any atom is -0.353 e. The van der Waals surface area contributed by atoms with E-state index < -0.39 is 0 Å². The second-order valence-electron chi connectivity index (χ2n) is 5.49. The number of fused-ring (bicyclic) bond motifs is 1. The largest absolute Gasteiger partial charge is 0.353 e. The highest BCUT2D eigenvalue weighted by Crippen LogP contribution is 2.23. The zero-order chi connectivity index (χ0) is 16.4. The van der Waals surface area contributed by atoms with E-state index in [1.54, 1.807) is 18.6 Å². The number of pyridine rings is 1. The van der Waals surface area contributed by atoms with Crippen molar-refractivity contribution in [3.8, 4) is 11.4 Å². The number of benzene rings is 1. The number of carbonyl (C=O) groups excluding carboxylic acids is 1. The minimum absolute atomic E-state index is 0.0991. The number of nitrogens with zero attached hydrogens (tertiary/aromatic N) is 2. The van der Waals surface area contributed by atoms with Gasteiger partial charge < -0.3 is 10.3 Å². The predicted octanol–water partition coefficient (Wildman–Crippen LogP) is 2.88. The first-order valence-electron chi connectivity index (χ1n) is 7.59. The normalized spacial score (nSPS) is 10.8. The highest BCUT2D eigenvalue weighted by molar-refractivity contribution is 5.98. The van der Waals surface area contributed by atoms with Gasteiger partial charge in [-0.2, -0.15) is 5.10 Å². The molecule has 0 saturated heterocycles. The average Bonchev–Trinajstić information content (AvgIpc) is 3.28. The Morgan fingerprint density at radius 3 is 2.67 bits per heavy atom. The average molecular weight is 317 g/mol. The second kappa shape index (κ2) is 6.00. The third-order valence-corrected chi connectivity index (χ3v) is 3.88. The van der Waals surface area contributed by atoms with Crippen LogP contribution in [0.4, 0.5) is 0 Å². The molecule has 3 aromatic heterocycles. The van der Waals surface area contributed by atoms with Gasteiger partial charge in [0.15, 0.2) is 0 Å². The van der Waals surface area contributed by atoms with Gasteiger partial charge in [0.2, 0.25) is 0 Å². The molecule has 0 radical (unpaired) electrons. The standard InChI is InChI=1S/C18H15N5O/c24-18(20-11-12-3-6-19-7-4-12)13-1-2-15-14(9-13)10-17(22-15)16-5-8-21-23-16/h1-10,22H,11H2,(H,20,24)(H,21,23). The summed E-state index contributed by atoms with van der Waals surface area (Å²) in [4.78, 5) is 19.6. The highest BCUT2D eigenvalue weighted by atomic mass is 16.1. The van der Waals surface area contributed by atoms with Crippen LogP contribution in [0.2, 0.25) is 0 Å². The summed E-state index contributed by atoms with van der Waals surface area (Å²) in [5.41, 5.74) is 4.48. The van der Waals surface area contributed by atoms with Gasteiger partial charge >= 0.3 is 0 Å². The molecule has 4 rings (SSSR count). The summed E-state index contributed by atoms with van der Waals surface area (Å²) in [6, 6.07) is 13.3. The quantitative estimate of drug-likeness (QED) is 0.541. The molecule has 4 aromatic rings. The molecule has 0 aliphatic carbocycles. The zero-order valence-electron chi connectivity index (χ0n) is 12.8. The summed E-state index contributed by atoms with van der Waals surface area (Å²) in [6.45, 7) is 0.478. The SMILES string of the molecule is O=C(NCc1ccncc1)c1ccc2[nH]c(-c3ccn[nH]3)cc2c1. The van der Waals surface area contributed by atoms with Gasteiger partial charge in [0.25, 0.3) is 5.91 Å². The van der Waals surface area contributed by atoms with Crippen molar-refractivity contribution in [3.63, 3.8) is 0 Å². The molecule has 1 aromatic carbocycles. The molecule has 0 fully saturated rings. The van der Waals surface area contributed by atoms with Gasteiger partial charge in [-0.15, -0.1) is 0 Å². The van der Waals surface area contributed by atoms with E-state index in [4.69, 9.17) is 0 Å². The molecule has 1 amide bonds. The Morgan fingerprint density at radius 2 is 1.88 bits per heavy atom. The maximum Gasteiger partial charge on any atom is 0.251 e. The summed E-state index contributed by atoms with van der Waals surface area (Å²) in [7, 11) is 0. The van der Waals surface area contributed by atoms with Crippen molar-refractivity contribution in [3.05, 3.63) is 72.2 Å². The first-order valence-corrected chi connectivity index (χ1v) is 7.59. The lowest BCUT2D eigenvalue weighted by Gasteiger charge is -2.05. The Morgan fingerprint density at radius 1 is 1.00 bits per heavy atom. The van der Waals surface area contributed by atoms with Gasteiger partial charge in [-0.25, -0.2) is 0 Å². The second-order valence-corrected chi connectivity index (χ2v) is 5.49. The van der Waals surface area contributed by atoms with Crippen LogP contribution < -0.4 is 5.32 Å². The summed E-state index contributed by atoms with van der Waals surface area (Å²) in [5.74, 6) is -0.0991. The summed E-state index contributed by atoms with van der Waals surface area (Å²) in [5, 5.41) is 10.8. The maximum absolute atomic E-state index is 12.3. The Hall–Kier alpha value is -3.41. The first-order chi connectivity index (χ1) is 11.8. The van der Waals surface area contributed by atoms with Gasteiger partial charge in [-0.1, -0.05) is 0 Å². The van der Waals surface area contributed by atoms with Gasteiger partial charge in [-0.3, -0.25) is 14.9 Å². The molecule has 0 atom stereocenters. The van der Waals surface area contributed by atoms with E-state index in [1.807, 2.05) is 42.5 Å². The van der Waals surface area contributed by atoms with Crippen LogP contribution in [0.1, 0.15) is 15.9 Å². The third-order valence-electron chi connectivity index (χ3n) is 3.88. The van der Waals surface area contributed by atoms with Crippen molar-refractivity contribution in [1.82, 2.24) is 25.5 Å². The Bertz CT molecular complexity index is 973. The number of nitrogens with one attached hydrogen (secondary N) is 3. The smallest absolute Gasteiger partial charge is 0.251 e. The Kier molecular flexibility index (Phi) is 3.55. The van der Waals surface area contributed by atoms with Crippen LogP contribution in [0.15, 0.2) is 61.1 Å². The van der Waals surface area contributed by atoms with Gasteiger partial charge in [-0.05, 0) is 48.0 Å². The molecule has 0 saturated carbocycles. The van der Waals surface area contributed by atoms with Crippen LogP contribution >= 0.6 is 0 Å². The summed E-state index contributed by atoms with van der Waals surface area (Å²) >= 11 is 0. The molecule has 118 valence electrons. The van der Waals surface area contributed by atoms with Crippen LogP contribution in [-0.2, 0) is 6.54 Å². The molecular formula is C18H15N5O. The molecule has 0 aliphatic heterocycles. The van der Waals surface area contributed by atoms with Crippen molar-refractivity contribution in [2.75, 3.05) is 0 Å². The zero-order valence-corrected chi connectivity index (χ0v) is 12.8. The van der Waals surface area contributed by atoms with E-state index in [2.05, 4.69) is 25.5 Å². The predicted molar refractivity (Wildman–Crippen MR) is 91.3 cm³/mol. The molecule has 0 aliphatic rings. The van der Waals surface area contributed by atoms with Crippen LogP contribution in [0.3, 0.4) is 0 Å². The number of hydrogen-bond donors (Lipinski definition) is 3. The molecular weight excluding hydrogens is 302 g/mol. The van der Waals surface area contributed by atoms with Crippen molar-refractivity contribution < 1.29 is 4.79 Å². The Balaban J connectivity index is 1.55. The number of rotatable bonds is 4. The number of carbonyl (C=O) groups is 1. The maximum atomic E-state index is 12.3. The number of aromatic nitrogens is 4. The molecule has 0 bridgehead atoms. The molecule has 6 heteroatoms. The number of aromatic amines is 2. The lowest BCUT2D eigenvalue weighted by Crippen LogP contribution is -2.22. The molecule has 6 nitrogen and oxygen atoms in total. The van der Waals surface area contributed by atoms with E-state index in [1.165, 1.54) is 0 Å². The van der Waals surface area contributed by atoms with Crippen LogP contribution in [0.25, 0.3) is 22.3 Å². The fourth-order valence-corrected chi connectivity index (χ4v) is 2.61. The summed E-state index contributed by atoms with van der Waals surface area (Å²) < 4.78 is 0. The number of H-pyrrole nitrogens is 2. The molecule has 0 spiro atoms. The van der Waals surface area contributed by atoms with Crippen molar-refractivity contribution in [1.29, 1.82) is 0 Å². The summed E-state index contributed by atoms with van der Waals surface area (Å²) in [6.07, 6.45) is 5.13. The number of hydrogen-bond acceptors (Lipinski definition) is 3. The fourth-order valence-electron chi connectivity index (χ4n) is 2.61. The Labute approximate surface area is 137 Å². The van der Waals surface area contributed by atoms with Crippen molar-refractivity contribution in [2.45, 2.75) is 6.54 Å². The van der Waals surface area contributed by atoms with E-state index in [-0.39, 0.29) is 5.91 Å². The number of amides is 1. The monoisotopic (exact) mass is 317 g/mol. The lowest BCUT2D eigenvalue weighted by molar-refractivity contribution is 0.0951. The topological polar surface area (TPSA) is 86.5 Å². The van der Waals surface area contributed by atoms with Crippen LogP contribution in [-0.4, -0.2) is 26.1 Å². The third kappa shape index (κ3) is 2.77. The van der Waals surface area contributed by atoms with Crippen molar-refractivity contribution in [2.24, 2.45) is 0 Å². The van der Waals surface area contributed by atoms with Gasteiger partial charge in [0.1, 0.15) is 0 Å². The van der Waals surface area contributed by atoms with Crippen molar-refractivity contribution >= 4 is 16.8 Å². The van der Waals surface area contributed by atoms with E-state index in [9.17, 15) is 4.79 Å². The van der Waals surface area contributed by atoms with E-state index >= 15 is 0 Å². The van der Waals surface area contributed by atoms with Gasteiger partial charge in [0, 0.05) is 41.6 Å². The van der Waals surface area contributed by atoms with Gasteiger partial charge in [0.05, 0.1) is 11.4 Å². The van der Waals surface area contributed by atoms with Crippen LogP contribution in [0, 0.1) is 0 Å². The minimum atomic E-state index is -0.0991. The first kappa shape index (κ1) is 14.2. The van der Waals surface area contributed by atoms with Crippen LogP contribution in [0.5, 0.6) is 0 Å². The highest BCUT2D eigenvalue weighted by Gasteiger charge is 2.09. The molecule has 24 heavy (non-hydrogen) atoms. The van der Waals surface area contributed by atoms with E-state index in [0.29, 0.717) is 12.1 Å². The molecule has 3 N–H and O–H groups in total. The molecule has 0 unspecified atom stereocenters.